The van der Waals surface area contributed by atoms with Gasteiger partial charge in [-0.1, -0.05) is 71.7 Å². The molecule has 1 atom stereocenters. The molecule has 0 saturated heterocycles. The molecular formula is C23H22BrNO2. The van der Waals surface area contributed by atoms with Gasteiger partial charge in [0.15, 0.2) is 0 Å². The number of carbonyl (C=O) groups is 1. The normalized spacial score (nSPS) is 16.1. The van der Waals surface area contributed by atoms with Gasteiger partial charge in [0.25, 0.3) is 0 Å². The quantitative estimate of drug-likeness (QED) is 0.492. The number of ether oxygens (including phenoxy) is 1. The second-order valence-electron chi connectivity index (χ2n) is 6.91. The predicted molar refractivity (Wildman–Crippen MR) is 114 cm³/mol. The first-order chi connectivity index (χ1) is 13.2. The third kappa shape index (κ3) is 3.46. The number of rotatable bonds is 5. The Morgan fingerprint density at radius 1 is 1.07 bits per heavy atom. The van der Waals surface area contributed by atoms with E-state index >= 15 is 0 Å². The van der Waals surface area contributed by atoms with Crippen LogP contribution in [0, 0.1) is 0 Å². The molecule has 3 aromatic carbocycles. The summed E-state index contributed by atoms with van der Waals surface area (Å²) >= 11 is 3.72. The molecule has 4 heteroatoms. The number of nitrogens with one attached hydrogen (secondary N) is 1. The molecule has 0 spiro atoms. The maximum atomic E-state index is 12.5. The van der Waals surface area contributed by atoms with Crippen molar-refractivity contribution in [3.05, 3.63) is 70.2 Å². The third-order valence-electron chi connectivity index (χ3n) is 5.10. The van der Waals surface area contributed by atoms with Gasteiger partial charge in [0, 0.05) is 27.8 Å². The lowest BCUT2D eigenvalue weighted by molar-refractivity contribution is -0.116. The summed E-state index contributed by atoms with van der Waals surface area (Å²) in [5.41, 5.74) is 3.12. The molecule has 138 valence electrons. The lowest BCUT2D eigenvalue weighted by atomic mass is 9.83. The molecule has 0 bridgehead atoms. The number of para-hydroxylation sites is 1. The Morgan fingerprint density at radius 3 is 2.63 bits per heavy atom. The summed E-state index contributed by atoms with van der Waals surface area (Å²) in [5.74, 6) is 0.900. The van der Waals surface area contributed by atoms with E-state index in [1.165, 1.54) is 0 Å². The van der Waals surface area contributed by atoms with Crippen LogP contribution in [0.15, 0.2) is 59.1 Å². The van der Waals surface area contributed by atoms with Gasteiger partial charge >= 0.3 is 0 Å². The lowest BCUT2D eigenvalue weighted by Crippen LogP contribution is -2.24. The van der Waals surface area contributed by atoms with Crippen LogP contribution in [0.1, 0.15) is 43.2 Å². The largest absolute Gasteiger partial charge is 0.493 e. The number of unbranched alkanes of at least 4 members (excludes halogenated alkanes) is 1. The summed E-state index contributed by atoms with van der Waals surface area (Å²) in [7, 11) is 0. The van der Waals surface area contributed by atoms with E-state index in [1.807, 2.05) is 30.3 Å². The fourth-order valence-electron chi connectivity index (χ4n) is 3.76. The molecule has 1 N–H and O–H groups in total. The van der Waals surface area contributed by atoms with Crippen molar-refractivity contribution in [1.82, 2.24) is 0 Å². The van der Waals surface area contributed by atoms with E-state index in [1.54, 1.807) is 0 Å². The van der Waals surface area contributed by atoms with E-state index in [2.05, 4.69) is 52.4 Å². The van der Waals surface area contributed by atoms with Crippen molar-refractivity contribution in [2.45, 2.75) is 32.1 Å². The smallest absolute Gasteiger partial charge is 0.225 e. The van der Waals surface area contributed by atoms with E-state index in [0.29, 0.717) is 13.0 Å². The van der Waals surface area contributed by atoms with Gasteiger partial charge < -0.3 is 10.1 Å². The molecule has 27 heavy (non-hydrogen) atoms. The summed E-state index contributed by atoms with van der Waals surface area (Å²) < 4.78 is 7.10. The molecule has 0 aromatic heterocycles. The first-order valence-corrected chi connectivity index (χ1v) is 10.2. The van der Waals surface area contributed by atoms with E-state index in [0.717, 1.165) is 50.7 Å². The zero-order valence-electron chi connectivity index (χ0n) is 15.3. The van der Waals surface area contributed by atoms with Crippen LogP contribution in [-0.4, -0.2) is 12.5 Å². The molecule has 0 aliphatic carbocycles. The molecule has 1 aliphatic heterocycles. The van der Waals surface area contributed by atoms with Crippen LogP contribution in [0.4, 0.5) is 5.69 Å². The average molecular weight is 424 g/mol. The molecule has 0 fully saturated rings. The minimum atomic E-state index is -0.0208. The minimum absolute atomic E-state index is 0.0208. The summed E-state index contributed by atoms with van der Waals surface area (Å²) in [5, 5.41) is 5.26. The molecule has 0 radical (unpaired) electrons. The van der Waals surface area contributed by atoms with Crippen molar-refractivity contribution >= 4 is 38.3 Å². The highest BCUT2D eigenvalue weighted by molar-refractivity contribution is 9.10. The fraction of sp³-hybridized carbons (Fsp3) is 0.261. The number of hydrogen-bond donors (Lipinski definition) is 1. The number of carbonyl (C=O) groups excluding carboxylic acids is 1. The number of amides is 1. The predicted octanol–water partition coefficient (Wildman–Crippen LogP) is 6.26. The van der Waals surface area contributed by atoms with Crippen LogP contribution in [0.5, 0.6) is 5.75 Å². The van der Waals surface area contributed by atoms with Gasteiger partial charge in [-0.2, -0.15) is 0 Å². The molecule has 0 saturated carbocycles. The Kier molecular flexibility index (Phi) is 5.17. The second kappa shape index (κ2) is 7.73. The van der Waals surface area contributed by atoms with Crippen molar-refractivity contribution in [1.29, 1.82) is 0 Å². The molecular weight excluding hydrogens is 402 g/mol. The Morgan fingerprint density at radius 2 is 1.81 bits per heavy atom. The highest BCUT2D eigenvalue weighted by atomic mass is 79.9. The van der Waals surface area contributed by atoms with Crippen molar-refractivity contribution in [2.24, 2.45) is 0 Å². The lowest BCUT2D eigenvalue weighted by Gasteiger charge is -2.29. The van der Waals surface area contributed by atoms with Crippen LogP contribution >= 0.6 is 15.9 Å². The van der Waals surface area contributed by atoms with Crippen LogP contribution in [0.2, 0.25) is 0 Å². The van der Waals surface area contributed by atoms with Crippen molar-refractivity contribution < 1.29 is 9.53 Å². The Bertz CT molecular complexity index is 999. The topological polar surface area (TPSA) is 38.3 Å². The van der Waals surface area contributed by atoms with Crippen molar-refractivity contribution in [3.63, 3.8) is 0 Å². The van der Waals surface area contributed by atoms with Crippen LogP contribution < -0.4 is 10.1 Å². The monoisotopic (exact) mass is 423 g/mol. The number of halogens is 1. The zero-order chi connectivity index (χ0) is 18.8. The number of benzene rings is 3. The molecule has 4 rings (SSSR count). The van der Waals surface area contributed by atoms with Crippen LogP contribution in [0.3, 0.4) is 0 Å². The third-order valence-corrected chi connectivity index (χ3v) is 5.76. The highest BCUT2D eigenvalue weighted by Gasteiger charge is 2.30. The summed E-state index contributed by atoms with van der Waals surface area (Å²) in [6.45, 7) is 2.85. The van der Waals surface area contributed by atoms with Gasteiger partial charge in [-0.3, -0.25) is 4.79 Å². The SMILES string of the molecule is CCCCOc1ccccc1[C@@H]1CC(=O)Nc2c1cc(Br)c1ccccc21. The van der Waals surface area contributed by atoms with Crippen LogP contribution in [-0.2, 0) is 4.79 Å². The molecule has 3 nitrogen and oxygen atoms in total. The van der Waals surface area contributed by atoms with Gasteiger partial charge in [0.1, 0.15) is 5.75 Å². The summed E-state index contributed by atoms with van der Waals surface area (Å²) in [4.78, 5) is 12.5. The average Bonchev–Trinajstić information content (AvgIpc) is 2.69. The molecule has 1 heterocycles. The molecule has 1 amide bonds. The van der Waals surface area contributed by atoms with Crippen molar-refractivity contribution in [3.8, 4) is 5.75 Å². The van der Waals surface area contributed by atoms with Crippen LogP contribution in [0.25, 0.3) is 10.8 Å². The summed E-state index contributed by atoms with van der Waals surface area (Å²) in [6, 6.07) is 18.4. The van der Waals surface area contributed by atoms with Crippen molar-refractivity contribution in [2.75, 3.05) is 11.9 Å². The van der Waals surface area contributed by atoms with Gasteiger partial charge in [-0.25, -0.2) is 0 Å². The van der Waals surface area contributed by atoms with Gasteiger partial charge in [-0.15, -0.1) is 0 Å². The standard InChI is InChI=1S/C23H22BrNO2/c1-2-3-12-27-21-11-7-6-9-16(21)18-14-22(26)25-23-17-10-5-4-8-15(17)20(24)13-19(18)23/h4-11,13,18H,2-3,12,14H2,1H3,(H,25,26)/t18-/m0/s1. The first kappa shape index (κ1) is 18.1. The molecule has 0 unspecified atom stereocenters. The Labute approximate surface area is 167 Å². The maximum absolute atomic E-state index is 12.5. The Balaban J connectivity index is 1.84. The maximum Gasteiger partial charge on any atom is 0.225 e. The fourth-order valence-corrected chi connectivity index (χ4v) is 4.35. The van der Waals surface area contributed by atoms with E-state index in [-0.39, 0.29) is 11.8 Å². The first-order valence-electron chi connectivity index (χ1n) is 9.41. The summed E-state index contributed by atoms with van der Waals surface area (Å²) in [6.07, 6.45) is 2.54. The molecule has 1 aliphatic rings. The highest BCUT2D eigenvalue weighted by Crippen LogP contribution is 2.45. The van der Waals surface area contributed by atoms with E-state index in [4.69, 9.17) is 4.74 Å². The zero-order valence-corrected chi connectivity index (χ0v) is 16.9. The number of fused-ring (bicyclic) bond motifs is 3. The Hall–Kier alpha value is -2.33. The number of anilines is 1. The second-order valence-corrected chi connectivity index (χ2v) is 7.77. The van der Waals surface area contributed by atoms with Gasteiger partial charge in [0.2, 0.25) is 5.91 Å². The number of hydrogen-bond acceptors (Lipinski definition) is 2. The minimum Gasteiger partial charge on any atom is -0.493 e. The van der Waals surface area contributed by atoms with E-state index in [9.17, 15) is 4.79 Å². The molecule has 3 aromatic rings. The van der Waals surface area contributed by atoms with Gasteiger partial charge in [0.05, 0.1) is 12.3 Å². The van der Waals surface area contributed by atoms with E-state index < -0.39 is 0 Å². The van der Waals surface area contributed by atoms with Gasteiger partial charge in [-0.05, 0) is 29.5 Å².